The molecule has 0 saturated carbocycles. The lowest BCUT2D eigenvalue weighted by molar-refractivity contribution is 0.795. The fourth-order valence-corrected chi connectivity index (χ4v) is 2.31. The Morgan fingerprint density at radius 1 is 1.21 bits per heavy atom. The summed E-state index contributed by atoms with van der Waals surface area (Å²) in [6.07, 6.45) is 1.84. The quantitative estimate of drug-likeness (QED) is 0.917. The number of nitrogens with one attached hydrogen (secondary N) is 1. The average Bonchev–Trinajstić information content (AvgIpc) is 2.42. The molecule has 1 heterocycles. The molecule has 0 radical (unpaired) electrons. The number of anilines is 1. The van der Waals surface area contributed by atoms with E-state index in [1.165, 1.54) is 11.1 Å². The van der Waals surface area contributed by atoms with Crippen LogP contribution in [-0.4, -0.2) is 19.1 Å². The van der Waals surface area contributed by atoms with Crippen molar-refractivity contribution in [3.8, 4) is 0 Å². The molecule has 3 nitrogen and oxygen atoms in total. The van der Waals surface area contributed by atoms with E-state index in [2.05, 4.69) is 68.5 Å². The van der Waals surface area contributed by atoms with Gasteiger partial charge in [0.25, 0.3) is 0 Å². The number of rotatable bonds is 5. The van der Waals surface area contributed by atoms with Gasteiger partial charge < -0.3 is 10.2 Å². The first-order valence-electron chi connectivity index (χ1n) is 6.25. The summed E-state index contributed by atoms with van der Waals surface area (Å²) in [5.41, 5.74) is 2.48. The van der Waals surface area contributed by atoms with E-state index in [9.17, 15) is 0 Å². The van der Waals surface area contributed by atoms with Gasteiger partial charge in [0.05, 0.1) is 0 Å². The van der Waals surface area contributed by atoms with E-state index in [1.807, 2.05) is 19.3 Å². The van der Waals surface area contributed by atoms with Crippen molar-refractivity contribution < 1.29 is 0 Å². The second-order valence-corrected chi connectivity index (χ2v) is 5.41. The Morgan fingerprint density at radius 2 is 1.95 bits per heavy atom. The summed E-state index contributed by atoms with van der Waals surface area (Å²) in [5, 5.41) is 3.18. The maximum atomic E-state index is 4.49. The highest BCUT2D eigenvalue weighted by molar-refractivity contribution is 9.10. The Hall–Kier alpha value is -1.39. The Balaban J connectivity index is 2.15. The highest BCUT2D eigenvalue weighted by atomic mass is 79.9. The fraction of sp³-hybridized carbons (Fsp3) is 0.267. The number of hydrogen-bond donors (Lipinski definition) is 1. The van der Waals surface area contributed by atoms with Crippen LogP contribution in [0.4, 0.5) is 5.82 Å². The van der Waals surface area contributed by atoms with Crippen molar-refractivity contribution in [1.82, 2.24) is 10.3 Å². The van der Waals surface area contributed by atoms with Gasteiger partial charge in [-0.1, -0.05) is 34.1 Å². The Labute approximate surface area is 122 Å². The Bertz CT molecular complexity index is 525. The van der Waals surface area contributed by atoms with Crippen LogP contribution in [-0.2, 0) is 13.1 Å². The second-order valence-electron chi connectivity index (χ2n) is 4.50. The maximum absolute atomic E-state index is 4.49. The van der Waals surface area contributed by atoms with Crippen molar-refractivity contribution in [2.45, 2.75) is 13.1 Å². The molecule has 1 aromatic carbocycles. The highest BCUT2D eigenvalue weighted by Gasteiger charge is 2.08. The molecule has 100 valence electrons. The first kappa shape index (κ1) is 14.0. The van der Waals surface area contributed by atoms with Crippen LogP contribution in [0, 0.1) is 0 Å². The molecule has 1 N–H and O–H groups in total. The van der Waals surface area contributed by atoms with Crippen LogP contribution in [0.25, 0.3) is 0 Å². The molecule has 0 bridgehead atoms. The first-order valence-corrected chi connectivity index (χ1v) is 7.04. The molecule has 4 heteroatoms. The van der Waals surface area contributed by atoms with Gasteiger partial charge in [-0.05, 0) is 30.8 Å². The van der Waals surface area contributed by atoms with E-state index < -0.39 is 0 Å². The van der Waals surface area contributed by atoms with Crippen LogP contribution in [0.5, 0.6) is 0 Å². The van der Waals surface area contributed by atoms with Crippen LogP contribution >= 0.6 is 15.9 Å². The zero-order chi connectivity index (χ0) is 13.7. The summed E-state index contributed by atoms with van der Waals surface area (Å²) >= 11 is 3.45. The summed E-state index contributed by atoms with van der Waals surface area (Å²) in [6.45, 7) is 1.68. The number of aromatic nitrogens is 1. The zero-order valence-electron chi connectivity index (χ0n) is 11.2. The molecular weight excluding hydrogens is 302 g/mol. The Kier molecular flexibility index (Phi) is 4.93. The lowest BCUT2D eigenvalue weighted by Crippen LogP contribution is -2.20. The lowest BCUT2D eigenvalue weighted by Gasteiger charge is -2.21. The third kappa shape index (κ3) is 3.78. The van der Waals surface area contributed by atoms with Crippen LogP contribution in [0.1, 0.15) is 11.1 Å². The van der Waals surface area contributed by atoms with Gasteiger partial charge in [0.15, 0.2) is 0 Å². The molecule has 2 rings (SSSR count). The SMILES string of the molecule is CNCc1cccnc1N(C)Cc1ccc(Br)cc1. The fourth-order valence-electron chi connectivity index (χ4n) is 2.04. The van der Waals surface area contributed by atoms with E-state index >= 15 is 0 Å². The topological polar surface area (TPSA) is 28.2 Å². The van der Waals surface area contributed by atoms with Crippen molar-refractivity contribution in [3.63, 3.8) is 0 Å². The molecule has 0 aliphatic rings. The number of halogens is 1. The normalized spacial score (nSPS) is 10.5. The lowest BCUT2D eigenvalue weighted by atomic mass is 10.2. The van der Waals surface area contributed by atoms with E-state index in [0.717, 1.165) is 23.4 Å². The molecule has 0 aliphatic heterocycles. The maximum Gasteiger partial charge on any atom is 0.133 e. The van der Waals surface area contributed by atoms with Gasteiger partial charge >= 0.3 is 0 Å². The minimum atomic E-state index is 0.827. The molecule has 0 spiro atoms. The molecule has 0 saturated heterocycles. The number of benzene rings is 1. The molecule has 0 atom stereocenters. The van der Waals surface area contributed by atoms with Gasteiger partial charge in [0.2, 0.25) is 0 Å². The molecule has 0 aliphatic carbocycles. The molecule has 0 amide bonds. The van der Waals surface area contributed by atoms with Crippen molar-refractivity contribution in [2.24, 2.45) is 0 Å². The predicted octanol–water partition coefficient (Wildman–Crippen LogP) is 3.20. The molecule has 0 unspecified atom stereocenters. The summed E-state index contributed by atoms with van der Waals surface area (Å²) in [7, 11) is 4.02. The summed E-state index contributed by atoms with van der Waals surface area (Å²) in [6, 6.07) is 12.5. The molecular formula is C15H18BrN3. The van der Waals surface area contributed by atoms with Crippen molar-refractivity contribution >= 4 is 21.7 Å². The van der Waals surface area contributed by atoms with Crippen molar-refractivity contribution in [2.75, 3.05) is 19.0 Å². The molecule has 2 aromatic rings. The minimum absolute atomic E-state index is 0.827. The third-order valence-electron chi connectivity index (χ3n) is 2.93. The minimum Gasteiger partial charge on any atom is -0.355 e. The van der Waals surface area contributed by atoms with Crippen LogP contribution in [0.15, 0.2) is 47.1 Å². The van der Waals surface area contributed by atoms with E-state index in [4.69, 9.17) is 0 Å². The average molecular weight is 320 g/mol. The number of hydrogen-bond acceptors (Lipinski definition) is 3. The van der Waals surface area contributed by atoms with Gasteiger partial charge in [0.1, 0.15) is 5.82 Å². The van der Waals surface area contributed by atoms with Crippen molar-refractivity contribution in [1.29, 1.82) is 0 Å². The molecule has 1 aromatic heterocycles. The standard InChI is InChI=1S/C15H18BrN3/c1-17-10-13-4-3-9-18-15(13)19(2)11-12-5-7-14(16)8-6-12/h3-9,17H,10-11H2,1-2H3. The largest absolute Gasteiger partial charge is 0.355 e. The van der Waals surface area contributed by atoms with Gasteiger partial charge in [-0.2, -0.15) is 0 Å². The monoisotopic (exact) mass is 319 g/mol. The van der Waals surface area contributed by atoms with E-state index in [-0.39, 0.29) is 0 Å². The van der Waals surface area contributed by atoms with Gasteiger partial charge in [0, 0.05) is 36.4 Å². The van der Waals surface area contributed by atoms with Crippen molar-refractivity contribution in [3.05, 3.63) is 58.2 Å². The summed E-state index contributed by atoms with van der Waals surface area (Å²) in [4.78, 5) is 6.66. The van der Waals surface area contributed by atoms with Gasteiger partial charge in [-0.3, -0.25) is 0 Å². The smallest absolute Gasteiger partial charge is 0.133 e. The van der Waals surface area contributed by atoms with Gasteiger partial charge in [-0.25, -0.2) is 4.98 Å². The zero-order valence-corrected chi connectivity index (χ0v) is 12.8. The van der Waals surface area contributed by atoms with Crippen LogP contribution in [0.2, 0.25) is 0 Å². The predicted molar refractivity (Wildman–Crippen MR) is 83.2 cm³/mol. The summed E-state index contributed by atoms with van der Waals surface area (Å²) in [5.74, 6) is 1.03. The first-order chi connectivity index (χ1) is 9.20. The number of nitrogens with zero attached hydrogens (tertiary/aromatic N) is 2. The third-order valence-corrected chi connectivity index (χ3v) is 3.46. The van der Waals surface area contributed by atoms with E-state index in [1.54, 1.807) is 0 Å². The molecule has 19 heavy (non-hydrogen) atoms. The summed E-state index contributed by atoms with van der Waals surface area (Å²) < 4.78 is 1.10. The van der Waals surface area contributed by atoms with Crippen LogP contribution in [0.3, 0.4) is 0 Å². The van der Waals surface area contributed by atoms with Gasteiger partial charge in [-0.15, -0.1) is 0 Å². The Morgan fingerprint density at radius 3 is 2.63 bits per heavy atom. The highest BCUT2D eigenvalue weighted by Crippen LogP contribution is 2.19. The van der Waals surface area contributed by atoms with Crippen LogP contribution < -0.4 is 10.2 Å². The number of pyridine rings is 1. The second kappa shape index (κ2) is 6.68. The van der Waals surface area contributed by atoms with E-state index in [0.29, 0.717) is 0 Å². The molecule has 0 fully saturated rings.